The Morgan fingerprint density at radius 1 is 1.37 bits per heavy atom. The largest absolute Gasteiger partial charge is 0.399 e. The van der Waals surface area contributed by atoms with Crippen LogP contribution < -0.4 is 10.6 Å². The standard InChI is InChI=1S/C15H25N3O/c1-6-11(2)18(12(3)19)10-13-9-14(16)7-8-15(13)17(4)5/h7-9,11H,6,10,16H2,1-5H3. The lowest BCUT2D eigenvalue weighted by atomic mass is 10.1. The van der Waals surface area contributed by atoms with Crippen LogP contribution in [0.5, 0.6) is 0 Å². The third-order valence-corrected chi connectivity index (χ3v) is 3.45. The van der Waals surface area contributed by atoms with Gasteiger partial charge in [0, 0.05) is 45.0 Å². The first-order chi connectivity index (χ1) is 8.86. The molecular formula is C15H25N3O. The molecular weight excluding hydrogens is 238 g/mol. The van der Waals surface area contributed by atoms with Gasteiger partial charge in [-0.3, -0.25) is 4.79 Å². The quantitative estimate of drug-likeness (QED) is 0.830. The number of amides is 1. The van der Waals surface area contributed by atoms with Crippen molar-refractivity contribution in [2.75, 3.05) is 24.7 Å². The van der Waals surface area contributed by atoms with Crippen molar-refractivity contribution in [1.82, 2.24) is 4.90 Å². The maximum Gasteiger partial charge on any atom is 0.219 e. The molecule has 0 spiro atoms. The van der Waals surface area contributed by atoms with Crippen LogP contribution in [0, 0.1) is 0 Å². The van der Waals surface area contributed by atoms with Gasteiger partial charge in [0.1, 0.15) is 0 Å². The zero-order valence-electron chi connectivity index (χ0n) is 12.6. The lowest BCUT2D eigenvalue weighted by molar-refractivity contribution is -0.131. The van der Waals surface area contributed by atoms with Crippen molar-refractivity contribution in [3.05, 3.63) is 23.8 Å². The van der Waals surface area contributed by atoms with E-state index in [2.05, 4.69) is 13.8 Å². The summed E-state index contributed by atoms with van der Waals surface area (Å²) in [6, 6.07) is 6.07. The molecule has 1 rings (SSSR count). The minimum Gasteiger partial charge on any atom is -0.399 e. The highest BCUT2D eigenvalue weighted by Crippen LogP contribution is 2.24. The van der Waals surface area contributed by atoms with Gasteiger partial charge < -0.3 is 15.5 Å². The van der Waals surface area contributed by atoms with E-state index in [9.17, 15) is 4.79 Å². The molecule has 0 saturated heterocycles. The SMILES string of the molecule is CCC(C)N(Cc1cc(N)ccc1N(C)C)C(C)=O. The van der Waals surface area contributed by atoms with Crippen molar-refractivity contribution in [2.45, 2.75) is 39.8 Å². The van der Waals surface area contributed by atoms with E-state index < -0.39 is 0 Å². The average molecular weight is 263 g/mol. The van der Waals surface area contributed by atoms with E-state index in [1.165, 1.54) is 0 Å². The number of nitrogens with two attached hydrogens (primary N) is 1. The Kier molecular flexibility index (Phi) is 5.21. The Morgan fingerprint density at radius 3 is 2.47 bits per heavy atom. The molecule has 1 aromatic carbocycles. The minimum absolute atomic E-state index is 0.0986. The summed E-state index contributed by atoms with van der Waals surface area (Å²) >= 11 is 0. The van der Waals surface area contributed by atoms with Gasteiger partial charge in [0.15, 0.2) is 0 Å². The molecule has 0 heterocycles. The topological polar surface area (TPSA) is 49.6 Å². The fraction of sp³-hybridized carbons (Fsp3) is 0.533. The molecule has 2 N–H and O–H groups in total. The van der Waals surface area contributed by atoms with Crippen molar-refractivity contribution in [3.63, 3.8) is 0 Å². The van der Waals surface area contributed by atoms with Gasteiger partial charge in [-0.2, -0.15) is 0 Å². The normalized spacial score (nSPS) is 12.1. The zero-order chi connectivity index (χ0) is 14.6. The van der Waals surface area contributed by atoms with Crippen LogP contribution in [0.2, 0.25) is 0 Å². The molecule has 1 aromatic rings. The van der Waals surface area contributed by atoms with Gasteiger partial charge in [-0.05, 0) is 37.1 Å². The summed E-state index contributed by atoms with van der Waals surface area (Å²) in [5, 5.41) is 0. The molecule has 4 heteroatoms. The van der Waals surface area contributed by atoms with Crippen LogP contribution in [0.1, 0.15) is 32.8 Å². The van der Waals surface area contributed by atoms with Crippen molar-refractivity contribution >= 4 is 17.3 Å². The number of rotatable bonds is 5. The molecule has 0 bridgehead atoms. The maximum atomic E-state index is 11.8. The maximum absolute atomic E-state index is 11.8. The van der Waals surface area contributed by atoms with E-state index in [-0.39, 0.29) is 11.9 Å². The fourth-order valence-corrected chi connectivity index (χ4v) is 2.15. The Morgan fingerprint density at radius 2 is 2.00 bits per heavy atom. The minimum atomic E-state index is 0.0986. The monoisotopic (exact) mass is 263 g/mol. The van der Waals surface area contributed by atoms with Crippen LogP contribution in [-0.4, -0.2) is 30.9 Å². The first kappa shape index (κ1) is 15.3. The van der Waals surface area contributed by atoms with Crippen LogP contribution in [-0.2, 0) is 11.3 Å². The fourth-order valence-electron chi connectivity index (χ4n) is 2.15. The van der Waals surface area contributed by atoms with Crippen molar-refractivity contribution in [2.24, 2.45) is 0 Å². The van der Waals surface area contributed by atoms with Crippen LogP contribution in [0.3, 0.4) is 0 Å². The predicted octanol–water partition coefficient (Wildman–Crippen LogP) is 2.48. The highest BCUT2D eigenvalue weighted by atomic mass is 16.2. The molecule has 0 aliphatic carbocycles. The van der Waals surface area contributed by atoms with Gasteiger partial charge in [-0.25, -0.2) is 0 Å². The smallest absolute Gasteiger partial charge is 0.219 e. The summed E-state index contributed by atoms with van der Waals surface area (Å²) in [6.07, 6.45) is 0.944. The number of hydrogen-bond acceptors (Lipinski definition) is 3. The van der Waals surface area contributed by atoms with Crippen molar-refractivity contribution < 1.29 is 4.79 Å². The zero-order valence-corrected chi connectivity index (χ0v) is 12.6. The summed E-state index contributed by atoms with van der Waals surface area (Å²) in [7, 11) is 3.99. The summed E-state index contributed by atoms with van der Waals surface area (Å²) in [4.78, 5) is 15.7. The Balaban J connectivity index is 3.08. The number of carbonyl (C=O) groups is 1. The molecule has 0 aromatic heterocycles. The van der Waals surface area contributed by atoms with Crippen LogP contribution in [0.15, 0.2) is 18.2 Å². The second-order valence-electron chi connectivity index (χ2n) is 5.19. The van der Waals surface area contributed by atoms with Gasteiger partial charge in [-0.15, -0.1) is 0 Å². The first-order valence-corrected chi connectivity index (χ1v) is 6.69. The predicted molar refractivity (Wildman–Crippen MR) is 81.2 cm³/mol. The molecule has 0 fully saturated rings. The van der Waals surface area contributed by atoms with Crippen molar-refractivity contribution in [1.29, 1.82) is 0 Å². The Labute approximate surface area is 116 Å². The van der Waals surface area contributed by atoms with E-state index in [1.54, 1.807) is 6.92 Å². The number of benzene rings is 1. The lowest BCUT2D eigenvalue weighted by Gasteiger charge is -2.29. The third kappa shape index (κ3) is 3.88. The molecule has 0 aliphatic heterocycles. The highest BCUT2D eigenvalue weighted by molar-refractivity contribution is 5.74. The number of carbonyl (C=O) groups excluding carboxylic acids is 1. The van der Waals surface area contributed by atoms with E-state index in [0.29, 0.717) is 6.54 Å². The summed E-state index contributed by atoms with van der Waals surface area (Å²) in [5.41, 5.74) is 8.78. The molecule has 4 nitrogen and oxygen atoms in total. The molecule has 1 atom stereocenters. The van der Waals surface area contributed by atoms with Gasteiger partial charge in [0.2, 0.25) is 5.91 Å². The molecule has 0 saturated carbocycles. The Hall–Kier alpha value is -1.71. The summed E-state index contributed by atoms with van der Waals surface area (Å²) < 4.78 is 0. The number of nitrogens with zero attached hydrogens (tertiary/aromatic N) is 2. The molecule has 0 aliphatic rings. The molecule has 1 amide bonds. The van der Waals surface area contributed by atoms with E-state index >= 15 is 0 Å². The average Bonchev–Trinajstić information content (AvgIpc) is 2.34. The van der Waals surface area contributed by atoms with Crippen LogP contribution in [0.25, 0.3) is 0 Å². The van der Waals surface area contributed by atoms with Crippen LogP contribution >= 0.6 is 0 Å². The van der Waals surface area contributed by atoms with Gasteiger partial charge in [0.25, 0.3) is 0 Å². The molecule has 0 radical (unpaired) electrons. The summed E-state index contributed by atoms with van der Waals surface area (Å²) in [5.74, 6) is 0.0986. The van der Waals surface area contributed by atoms with Gasteiger partial charge in [-0.1, -0.05) is 6.92 Å². The number of anilines is 2. The second-order valence-corrected chi connectivity index (χ2v) is 5.19. The van der Waals surface area contributed by atoms with E-state index in [4.69, 9.17) is 5.73 Å². The van der Waals surface area contributed by atoms with E-state index in [0.717, 1.165) is 23.4 Å². The van der Waals surface area contributed by atoms with Gasteiger partial charge >= 0.3 is 0 Å². The van der Waals surface area contributed by atoms with Crippen LogP contribution in [0.4, 0.5) is 11.4 Å². The molecule has 1 unspecified atom stereocenters. The summed E-state index contributed by atoms with van der Waals surface area (Å²) in [6.45, 7) is 6.38. The van der Waals surface area contributed by atoms with Gasteiger partial charge in [0.05, 0.1) is 0 Å². The Bertz CT molecular complexity index is 443. The number of nitrogen functional groups attached to an aromatic ring is 1. The lowest BCUT2D eigenvalue weighted by Crippen LogP contribution is -2.36. The van der Waals surface area contributed by atoms with E-state index in [1.807, 2.05) is 42.1 Å². The molecule has 106 valence electrons. The highest BCUT2D eigenvalue weighted by Gasteiger charge is 2.17. The molecule has 19 heavy (non-hydrogen) atoms. The third-order valence-electron chi connectivity index (χ3n) is 3.45. The number of hydrogen-bond donors (Lipinski definition) is 1. The second kappa shape index (κ2) is 6.45. The van der Waals surface area contributed by atoms with Crippen molar-refractivity contribution in [3.8, 4) is 0 Å². The first-order valence-electron chi connectivity index (χ1n) is 6.69.